The van der Waals surface area contributed by atoms with Gasteiger partial charge in [0.1, 0.15) is 5.82 Å². The van der Waals surface area contributed by atoms with E-state index in [4.69, 9.17) is 0 Å². The van der Waals surface area contributed by atoms with Gasteiger partial charge in [0.2, 0.25) is 0 Å². The highest BCUT2D eigenvalue weighted by Gasteiger charge is 2.11. The standard InChI is InChI=1S/C15H10N4O4/c20-18(21)13-3-1-11(2-4-13)15-16-9-10-17(15)12-5-7-14(8-6-12)19(22)23/h1-10H. The first kappa shape index (κ1) is 14.4. The van der Waals surface area contributed by atoms with Crippen LogP contribution in [-0.4, -0.2) is 19.4 Å². The SMILES string of the molecule is O=[N+]([O-])c1ccc(-c2nccn2-c2ccc([N+](=O)[O-])cc2)cc1. The maximum atomic E-state index is 10.7. The van der Waals surface area contributed by atoms with Crippen molar-refractivity contribution in [3.63, 3.8) is 0 Å². The third-order valence-corrected chi connectivity index (χ3v) is 3.32. The summed E-state index contributed by atoms with van der Waals surface area (Å²) in [6.07, 6.45) is 3.32. The van der Waals surface area contributed by atoms with Crippen LogP contribution in [0, 0.1) is 20.2 Å². The van der Waals surface area contributed by atoms with Gasteiger partial charge in [-0.15, -0.1) is 0 Å². The fraction of sp³-hybridized carbons (Fsp3) is 0. The zero-order chi connectivity index (χ0) is 16.4. The van der Waals surface area contributed by atoms with Crippen LogP contribution in [0.4, 0.5) is 11.4 Å². The Bertz CT molecular complexity index is 797. The Labute approximate surface area is 129 Å². The van der Waals surface area contributed by atoms with Crippen LogP contribution in [0.1, 0.15) is 0 Å². The Morgan fingerprint density at radius 2 is 1.35 bits per heavy atom. The predicted molar refractivity (Wildman–Crippen MR) is 82.3 cm³/mol. The van der Waals surface area contributed by atoms with Crippen molar-refractivity contribution in [1.82, 2.24) is 9.55 Å². The number of nitro groups is 2. The first-order valence-electron chi connectivity index (χ1n) is 6.59. The molecule has 0 amide bonds. The van der Waals surface area contributed by atoms with Crippen molar-refractivity contribution in [3.05, 3.63) is 81.2 Å². The maximum Gasteiger partial charge on any atom is 0.269 e. The van der Waals surface area contributed by atoms with Crippen LogP contribution >= 0.6 is 0 Å². The number of non-ortho nitro benzene ring substituents is 2. The van der Waals surface area contributed by atoms with Crippen LogP contribution in [0.3, 0.4) is 0 Å². The van der Waals surface area contributed by atoms with E-state index in [1.54, 1.807) is 41.2 Å². The monoisotopic (exact) mass is 310 g/mol. The van der Waals surface area contributed by atoms with E-state index in [0.717, 1.165) is 0 Å². The Morgan fingerprint density at radius 1 is 0.826 bits per heavy atom. The number of imidazole rings is 1. The number of hydrogen-bond acceptors (Lipinski definition) is 5. The van der Waals surface area contributed by atoms with Crippen molar-refractivity contribution in [2.45, 2.75) is 0 Å². The quantitative estimate of drug-likeness (QED) is 0.543. The van der Waals surface area contributed by atoms with E-state index < -0.39 is 9.85 Å². The minimum Gasteiger partial charge on any atom is -0.300 e. The lowest BCUT2D eigenvalue weighted by Gasteiger charge is -2.07. The summed E-state index contributed by atoms with van der Waals surface area (Å²) >= 11 is 0. The molecule has 8 heteroatoms. The van der Waals surface area contributed by atoms with Crippen LogP contribution in [0.25, 0.3) is 17.1 Å². The summed E-state index contributed by atoms with van der Waals surface area (Å²) in [4.78, 5) is 24.7. The van der Waals surface area contributed by atoms with Gasteiger partial charge in [-0.1, -0.05) is 0 Å². The predicted octanol–water partition coefficient (Wildman–Crippen LogP) is 3.36. The molecule has 0 unspecified atom stereocenters. The molecule has 0 aliphatic rings. The molecule has 3 aromatic rings. The number of aromatic nitrogens is 2. The van der Waals surface area contributed by atoms with E-state index in [1.165, 1.54) is 24.3 Å². The molecule has 0 saturated carbocycles. The molecule has 8 nitrogen and oxygen atoms in total. The highest BCUT2D eigenvalue weighted by molar-refractivity contribution is 5.60. The lowest BCUT2D eigenvalue weighted by molar-refractivity contribution is -0.385. The van der Waals surface area contributed by atoms with Gasteiger partial charge in [-0.3, -0.25) is 24.8 Å². The second kappa shape index (κ2) is 5.68. The van der Waals surface area contributed by atoms with E-state index in [0.29, 0.717) is 17.1 Å². The van der Waals surface area contributed by atoms with Crippen LogP contribution in [-0.2, 0) is 0 Å². The molecule has 0 aliphatic carbocycles. The topological polar surface area (TPSA) is 104 Å². The lowest BCUT2D eigenvalue weighted by Crippen LogP contribution is -1.97. The van der Waals surface area contributed by atoms with Crippen LogP contribution < -0.4 is 0 Å². The van der Waals surface area contributed by atoms with Crippen molar-refractivity contribution < 1.29 is 9.85 Å². The van der Waals surface area contributed by atoms with Gasteiger partial charge in [-0.2, -0.15) is 0 Å². The third kappa shape index (κ3) is 2.77. The lowest BCUT2D eigenvalue weighted by atomic mass is 10.2. The Hall–Kier alpha value is -3.55. The average molecular weight is 310 g/mol. The van der Waals surface area contributed by atoms with Gasteiger partial charge in [-0.05, 0) is 24.3 Å². The van der Waals surface area contributed by atoms with E-state index in [2.05, 4.69) is 4.98 Å². The molecule has 1 heterocycles. The normalized spacial score (nSPS) is 10.4. The van der Waals surface area contributed by atoms with E-state index in [9.17, 15) is 20.2 Å². The molecule has 0 N–H and O–H groups in total. The van der Waals surface area contributed by atoms with Gasteiger partial charge in [0.25, 0.3) is 11.4 Å². The molecule has 2 aromatic carbocycles. The molecule has 0 atom stereocenters. The largest absolute Gasteiger partial charge is 0.300 e. The molecule has 0 fully saturated rings. The zero-order valence-electron chi connectivity index (χ0n) is 11.7. The van der Waals surface area contributed by atoms with Crippen molar-refractivity contribution in [2.75, 3.05) is 0 Å². The van der Waals surface area contributed by atoms with Crippen LogP contribution in [0.15, 0.2) is 60.9 Å². The molecule has 3 rings (SSSR count). The van der Waals surface area contributed by atoms with Gasteiger partial charge >= 0.3 is 0 Å². The summed E-state index contributed by atoms with van der Waals surface area (Å²) in [5, 5.41) is 21.4. The van der Waals surface area contributed by atoms with Crippen molar-refractivity contribution in [3.8, 4) is 17.1 Å². The molecule has 0 saturated heterocycles. The second-order valence-corrected chi connectivity index (χ2v) is 4.70. The number of nitro benzene ring substituents is 2. The van der Waals surface area contributed by atoms with E-state index in [1.807, 2.05) is 0 Å². The van der Waals surface area contributed by atoms with E-state index in [-0.39, 0.29) is 11.4 Å². The van der Waals surface area contributed by atoms with Crippen LogP contribution in [0.5, 0.6) is 0 Å². The van der Waals surface area contributed by atoms with Gasteiger partial charge in [-0.25, -0.2) is 4.98 Å². The number of hydrogen-bond donors (Lipinski definition) is 0. The van der Waals surface area contributed by atoms with Gasteiger partial charge in [0.05, 0.1) is 9.85 Å². The molecule has 23 heavy (non-hydrogen) atoms. The molecule has 0 spiro atoms. The zero-order valence-corrected chi connectivity index (χ0v) is 11.7. The van der Waals surface area contributed by atoms with Gasteiger partial charge < -0.3 is 0 Å². The number of nitrogens with zero attached hydrogens (tertiary/aromatic N) is 4. The smallest absolute Gasteiger partial charge is 0.269 e. The van der Waals surface area contributed by atoms with E-state index >= 15 is 0 Å². The molecule has 0 bridgehead atoms. The molecule has 0 radical (unpaired) electrons. The highest BCUT2D eigenvalue weighted by atomic mass is 16.6. The molecule has 0 aliphatic heterocycles. The second-order valence-electron chi connectivity index (χ2n) is 4.70. The first-order chi connectivity index (χ1) is 11.1. The number of benzene rings is 2. The van der Waals surface area contributed by atoms with Crippen LogP contribution in [0.2, 0.25) is 0 Å². The van der Waals surface area contributed by atoms with Gasteiger partial charge in [0.15, 0.2) is 0 Å². The first-order valence-corrected chi connectivity index (χ1v) is 6.59. The molecule has 114 valence electrons. The van der Waals surface area contributed by atoms with Crippen molar-refractivity contribution in [2.24, 2.45) is 0 Å². The highest BCUT2D eigenvalue weighted by Crippen LogP contribution is 2.24. The molecular formula is C15H10N4O4. The molecule has 1 aromatic heterocycles. The fourth-order valence-electron chi connectivity index (χ4n) is 2.19. The Balaban J connectivity index is 1.98. The summed E-state index contributed by atoms with van der Waals surface area (Å²) in [6.45, 7) is 0. The summed E-state index contributed by atoms with van der Waals surface area (Å²) in [5.74, 6) is 0.591. The maximum absolute atomic E-state index is 10.7. The Morgan fingerprint density at radius 3 is 1.87 bits per heavy atom. The minimum absolute atomic E-state index is 0.00203. The summed E-state index contributed by atoms with van der Waals surface area (Å²) in [5.41, 5.74) is 1.42. The summed E-state index contributed by atoms with van der Waals surface area (Å²) in [7, 11) is 0. The van der Waals surface area contributed by atoms with Gasteiger partial charge in [0, 0.05) is 47.9 Å². The summed E-state index contributed by atoms with van der Waals surface area (Å²) in [6, 6.07) is 12.1. The molecular weight excluding hydrogens is 300 g/mol. The summed E-state index contributed by atoms with van der Waals surface area (Å²) < 4.78 is 1.75. The van der Waals surface area contributed by atoms with Crippen molar-refractivity contribution in [1.29, 1.82) is 0 Å². The number of rotatable bonds is 4. The Kier molecular flexibility index (Phi) is 3.55. The third-order valence-electron chi connectivity index (χ3n) is 3.32. The average Bonchev–Trinajstić information content (AvgIpc) is 3.04. The van der Waals surface area contributed by atoms with Crippen molar-refractivity contribution >= 4 is 11.4 Å². The minimum atomic E-state index is -0.466. The fourth-order valence-corrected chi connectivity index (χ4v) is 2.19.